The van der Waals surface area contributed by atoms with Crippen LogP contribution in [-0.4, -0.2) is 0 Å². The SMILES string of the molecule is CCC1CC2C=CC(C2)C1. The van der Waals surface area contributed by atoms with E-state index in [1.165, 1.54) is 25.7 Å². The molecule has 0 radical (unpaired) electrons. The predicted octanol–water partition coefficient (Wildman–Crippen LogP) is 3.00. The second-order valence-corrected chi connectivity index (χ2v) is 3.89. The van der Waals surface area contributed by atoms with Crippen molar-refractivity contribution in [1.82, 2.24) is 0 Å². The number of rotatable bonds is 1. The molecular formula is C10H16. The van der Waals surface area contributed by atoms with Crippen LogP contribution >= 0.6 is 0 Å². The van der Waals surface area contributed by atoms with Crippen LogP contribution in [0.2, 0.25) is 0 Å². The Kier molecular flexibility index (Phi) is 1.55. The highest BCUT2D eigenvalue weighted by molar-refractivity contribution is 5.05. The average Bonchev–Trinajstić information content (AvgIpc) is 2.30. The first kappa shape index (κ1) is 6.45. The molecule has 10 heavy (non-hydrogen) atoms. The van der Waals surface area contributed by atoms with E-state index in [1.54, 1.807) is 0 Å². The summed E-state index contributed by atoms with van der Waals surface area (Å²) in [5.41, 5.74) is 0. The van der Waals surface area contributed by atoms with Crippen LogP contribution in [0.3, 0.4) is 0 Å². The lowest BCUT2D eigenvalue weighted by atomic mass is 9.79. The van der Waals surface area contributed by atoms with Gasteiger partial charge in [0.1, 0.15) is 0 Å². The van der Waals surface area contributed by atoms with E-state index in [2.05, 4.69) is 19.1 Å². The summed E-state index contributed by atoms with van der Waals surface area (Å²) in [5.74, 6) is 2.96. The van der Waals surface area contributed by atoms with Crippen LogP contribution in [0, 0.1) is 17.8 Å². The Hall–Kier alpha value is -0.260. The van der Waals surface area contributed by atoms with Gasteiger partial charge in [-0.25, -0.2) is 0 Å². The summed E-state index contributed by atoms with van der Waals surface area (Å²) in [4.78, 5) is 0. The smallest absolute Gasteiger partial charge is 0.0225 e. The minimum Gasteiger partial charge on any atom is -0.0851 e. The maximum Gasteiger partial charge on any atom is -0.0225 e. The molecule has 0 saturated heterocycles. The lowest BCUT2D eigenvalue weighted by molar-refractivity contribution is 0.271. The Morgan fingerprint density at radius 1 is 1.10 bits per heavy atom. The van der Waals surface area contributed by atoms with Crippen LogP contribution < -0.4 is 0 Å². The van der Waals surface area contributed by atoms with E-state index < -0.39 is 0 Å². The van der Waals surface area contributed by atoms with Crippen LogP contribution in [0.4, 0.5) is 0 Å². The van der Waals surface area contributed by atoms with Crippen LogP contribution in [0.15, 0.2) is 12.2 Å². The third kappa shape index (κ3) is 1.00. The molecule has 0 N–H and O–H groups in total. The van der Waals surface area contributed by atoms with Crippen molar-refractivity contribution in [3.8, 4) is 0 Å². The minimum absolute atomic E-state index is 0.962. The topological polar surface area (TPSA) is 0 Å². The van der Waals surface area contributed by atoms with Gasteiger partial charge in [0, 0.05) is 0 Å². The van der Waals surface area contributed by atoms with Gasteiger partial charge >= 0.3 is 0 Å². The lowest BCUT2D eigenvalue weighted by Crippen LogP contribution is -2.15. The molecule has 0 aromatic rings. The molecule has 0 aliphatic heterocycles. The molecule has 2 rings (SSSR count). The molecule has 0 nitrogen and oxygen atoms in total. The molecule has 0 amide bonds. The van der Waals surface area contributed by atoms with Crippen molar-refractivity contribution in [2.45, 2.75) is 32.6 Å². The molecule has 2 unspecified atom stereocenters. The molecule has 0 heterocycles. The first-order valence-electron chi connectivity index (χ1n) is 4.56. The van der Waals surface area contributed by atoms with Crippen LogP contribution in [0.5, 0.6) is 0 Å². The van der Waals surface area contributed by atoms with E-state index in [9.17, 15) is 0 Å². The van der Waals surface area contributed by atoms with Crippen LogP contribution in [0.1, 0.15) is 32.6 Å². The van der Waals surface area contributed by atoms with Gasteiger partial charge in [-0.2, -0.15) is 0 Å². The van der Waals surface area contributed by atoms with Gasteiger partial charge in [0.05, 0.1) is 0 Å². The van der Waals surface area contributed by atoms with Crippen molar-refractivity contribution in [3.05, 3.63) is 12.2 Å². The molecule has 2 aliphatic rings. The molecule has 1 fully saturated rings. The Balaban J connectivity index is 2.01. The molecule has 1 saturated carbocycles. The zero-order valence-electron chi connectivity index (χ0n) is 6.72. The highest BCUT2D eigenvalue weighted by Crippen LogP contribution is 2.40. The molecule has 0 heteroatoms. The number of hydrogen-bond acceptors (Lipinski definition) is 0. The minimum atomic E-state index is 0.962. The lowest BCUT2D eigenvalue weighted by Gasteiger charge is -2.26. The van der Waals surface area contributed by atoms with Gasteiger partial charge in [0.15, 0.2) is 0 Å². The van der Waals surface area contributed by atoms with Gasteiger partial charge in [0.2, 0.25) is 0 Å². The highest BCUT2D eigenvalue weighted by Gasteiger charge is 2.28. The number of allylic oxidation sites excluding steroid dienone is 2. The van der Waals surface area contributed by atoms with E-state index in [4.69, 9.17) is 0 Å². The first-order valence-corrected chi connectivity index (χ1v) is 4.56. The molecule has 0 aromatic carbocycles. The average molecular weight is 136 g/mol. The zero-order valence-corrected chi connectivity index (χ0v) is 6.72. The first-order chi connectivity index (χ1) is 4.88. The van der Waals surface area contributed by atoms with E-state index in [0.717, 1.165) is 17.8 Å². The quantitative estimate of drug-likeness (QED) is 0.486. The molecular weight excluding hydrogens is 120 g/mol. The monoisotopic (exact) mass is 136 g/mol. The van der Waals surface area contributed by atoms with Gasteiger partial charge in [-0.1, -0.05) is 25.5 Å². The Morgan fingerprint density at radius 2 is 1.70 bits per heavy atom. The Labute approximate surface area is 63.3 Å². The van der Waals surface area contributed by atoms with E-state index in [-0.39, 0.29) is 0 Å². The standard InChI is InChI=1S/C10H16/c1-2-8-5-9-3-4-10(6-8)7-9/h3-4,8-10H,2,5-7H2,1H3. The predicted molar refractivity (Wildman–Crippen MR) is 43.8 cm³/mol. The molecule has 0 spiro atoms. The van der Waals surface area contributed by atoms with Gasteiger partial charge < -0.3 is 0 Å². The number of hydrogen-bond donors (Lipinski definition) is 0. The summed E-state index contributed by atoms with van der Waals surface area (Å²) in [6.07, 6.45) is 10.7. The van der Waals surface area contributed by atoms with Crippen molar-refractivity contribution in [2.24, 2.45) is 17.8 Å². The summed E-state index contributed by atoms with van der Waals surface area (Å²) in [5, 5.41) is 0. The van der Waals surface area contributed by atoms with E-state index in [1.807, 2.05) is 0 Å². The molecule has 2 bridgehead atoms. The van der Waals surface area contributed by atoms with Crippen molar-refractivity contribution in [1.29, 1.82) is 0 Å². The largest absolute Gasteiger partial charge is 0.0851 e. The Morgan fingerprint density at radius 3 is 2.20 bits per heavy atom. The molecule has 2 atom stereocenters. The van der Waals surface area contributed by atoms with E-state index in [0.29, 0.717) is 0 Å². The van der Waals surface area contributed by atoms with Crippen molar-refractivity contribution < 1.29 is 0 Å². The van der Waals surface area contributed by atoms with Crippen molar-refractivity contribution in [3.63, 3.8) is 0 Å². The van der Waals surface area contributed by atoms with Gasteiger partial charge in [-0.3, -0.25) is 0 Å². The highest BCUT2D eigenvalue weighted by atomic mass is 14.3. The Bertz CT molecular complexity index is 132. The van der Waals surface area contributed by atoms with Crippen LogP contribution in [0.25, 0.3) is 0 Å². The second kappa shape index (κ2) is 2.41. The fraction of sp³-hybridized carbons (Fsp3) is 0.800. The summed E-state index contributed by atoms with van der Waals surface area (Å²) >= 11 is 0. The molecule has 2 aliphatic carbocycles. The normalized spacial score (nSPS) is 44.3. The zero-order chi connectivity index (χ0) is 6.97. The number of fused-ring (bicyclic) bond motifs is 2. The van der Waals surface area contributed by atoms with Gasteiger partial charge in [0.25, 0.3) is 0 Å². The molecule has 56 valence electrons. The molecule has 0 aromatic heterocycles. The summed E-state index contributed by atoms with van der Waals surface area (Å²) < 4.78 is 0. The van der Waals surface area contributed by atoms with E-state index >= 15 is 0 Å². The maximum absolute atomic E-state index is 2.44. The van der Waals surface area contributed by atoms with Gasteiger partial charge in [-0.15, -0.1) is 0 Å². The summed E-state index contributed by atoms with van der Waals surface area (Å²) in [7, 11) is 0. The van der Waals surface area contributed by atoms with Crippen molar-refractivity contribution >= 4 is 0 Å². The fourth-order valence-corrected chi connectivity index (χ4v) is 2.50. The summed E-state index contributed by atoms with van der Waals surface area (Å²) in [6.45, 7) is 2.33. The summed E-state index contributed by atoms with van der Waals surface area (Å²) in [6, 6.07) is 0. The fourth-order valence-electron chi connectivity index (χ4n) is 2.50. The van der Waals surface area contributed by atoms with Crippen LogP contribution in [-0.2, 0) is 0 Å². The van der Waals surface area contributed by atoms with Gasteiger partial charge in [-0.05, 0) is 37.0 Å². The third-order valence-electron chi connectivity index (χ3n) is 3.11. The third-order valence-corrected chi connectivity index (χ3v) is 3.11. The van der Waals surface area contributed by atoms with Crippen molar-refractivity contribution in [2.75, 3.05) is 0 Å². The second-order valence-electron chi connectivity index (χ2n) is 3.89. The maximum atomic E-state index is 2.44.